The van der Waals surface area contributed by atoms with E-state index in [1.165, 1.54) is 25.7 Å². The van der Waals surface area contributed by atoms with Crippen molar-refractivity contribution in [3.05, 3.63) is 17.0 Å². The monoisotopic (exact) mass is 267 g/mol. The summed E-state index contributed by atoms with van der Waals surface area (Å²) < 4.78 is 5.03. The predicted octanol–water partition coefficient (Wildman–Crippen LogP) is 2.88. The molecule has 5 heteroatoms. The van der Waals surface area contributed by atoms with Gasteiger partial charge in [-0.2, -0.15) is 0 Å². The van der Waals surface area contributed by atoms with Crippen LogP contribution in [-0.4, -0.2) is 23.6 Å². The average molecular weight is 268 g/mol. The van der Waals surface area contributed by atoms with E-state index in [0.717, 1.165) is 18.3 Å². The Balaban J connectivity index is 1.64. The van der Waals surface area contributed by atoms with Gasteiger partial charge in [-0.05, 0) is 37.0 Å². The molecule has 1 aromatic rings. The van der Waals surface area contributed by atoms with Crippen LogP contribution in [0.15, 0.2) is 6.07 Å². The zero-order chi connectivity index (χ0) is 12.6. The van der Waals surface area contributed by atoms with Gasteiger partial charge in [-0.3, -0.25) is 0 Å². The Morgan fingerprint density at radius 3 is 2.83 bits per heavy atom. The van der Waals surface area contributed by atoms with Crippen LogP contribution in [0.3, 0.4) is 0 Å². The van der Waals surface area contributed by atoms with Crippen LogP contribution in [0.5, 0.6) is 0 Å². The molecular formula is C13H18ClN3O. The lowest BCUT2D eigenvalue weighted by Crippen LogP contribution is -2.18. The fraction of sp³-hybridized carbons (Fsp3) is 0.692. The molecule has 0 spiro atoms. The number of ether oxygens (including phenoxy) is 1. The number of rotatable bonds is 6. The summed E-state index contributed by atoms with van der Waals surface area (Å²) in [4.78, 5) is 8.52. The normalized spacial score (nSPS) is 20.8. The van der Waals surface area contributed by atoms with E-state index in [-0.39, 0.29) is 0 Å². The molecule has 0 unspecified atom stereocenters. The first-order valence-electron chi connectivity index (χ1n) is 6.48. The van der Waals surface area contributed by atoms with E-state index in [4.69, 9.17) is 16.3 Å². The highest BCUT2D eigenvalue weighted by molar-refractivity contribution is 6.29. The predicted molar refractivity (Wildman–Crippen MR) is 70.6 cm³/mol. The smallest absolute Gasteiger partial charge is 0.158 e. The Bertz CT molecular complexity index is 444. The van der Waals surface area contributed by atoms with Crippen LogP contribution in [-0.2, 0) is 11.3 Å². The fourth-order valence-corrected chi connectivity index (χ4v) is 2.80. The van der Waals surface area contributed by atoms with Crippen LogP contribution in [0.2, 0.25) is 5.15 Å². The van der Waals surface area contributed by atoms with E-state index in [1.807, 2.05) is 0 Å². The summed E-state index contributed by atoms with van der Waals surface area (Å²) in [7, 11) is 1.63. The average Bonchev–Trinajstić information content (AvgIpc) is 3.19. The van der Waals surface area contributed by atoms with Crippen LogP contribution >= 0.6 is 11.6 Å². The van der Waals surface area contributed by atoms with Gasteiger partial charge in [0.15, 0.2) is 5.82 Å². The number of hydrogen-bond donors (Lipinski definition) is 1. The second kappa shape index (κ2) is 4.67. The molecule has 0 aromatic carbocycles. The van der Waals surface area contributed by atoms with E-state index >= 15 is 0 Å². The first kappa shape index (κ1) is 12.2. The highest BCUT2D eigenvalue weighted by atomic mass is 35.5. The van der Waals surface area contributed by atoms with Gasteiger partial charge in [0.2, 0.25) is 0 Å². The molecule has 1 aromatic heterocycles. The molecular weight excluding hydrogens is 250 g/mol. The molecule has 2 fully saturated rings. The van der Waals surface area contributed by atoms with E-state index < -0.39 is 0 Å². The molecule has 2 saturated carbocycles. The van der Waals surface area contributed by atoms with Gasteiger partial charge in [-0.1, -0.05) is 11.6 Å². The molecule has 0 amide bonds. The molecule has 0 radical (unpaired) electrons. The fourth-order valence-electron chi connectivity index (χ4n) is 2.60. The lowest BCUT2D eigenvalue weighted by atomic mass is 10.0. The molecule has 3 rings (SSSR count). The van der Waals surface area contributed by atoms with E-state index in [9.17, 15) is 0 Å². The molecule has 1 N–H and O–H groups in total. The third-order valence-electron chi connectivity index (χ3n) is 3.97. The summed E-state index contributed by atoms with van der Waals surface area (Å²) in [6.07, 6.45) is 5.52. The Hall–Kier alpha value is -0.870. The van der Waals surface area contributed by atoms with E-state index in [0.29, 0.717) is 23.0 Å². The lowest BCUT2D eigenvalue weighted by Gasteiger charge is -2.15. The maximum Gasteiger partial charge on any atom is 0.158 e. The standard InChI is InChI=1S/C13H18ClN3O/c1-18-7-12-16-10(14)6-11(17-12)15-8-13(4-5-13)9-2-3-9/h6,9H,2-5,7-8H2,1H3,(H,15,16,17). The summed E-state index contributed by atoms with van der Waals surface area (Å²) in [5.74, 6) is 2.39. The molecule has 0 bridgehead atoms. The van der Waals surface area contributed by atoms with Crippen molar-refractivity contribution in [2.45, 2.75) is 32.3 Å². The molecule has 4 nitrogen and oxygen atoms in total. The SMILES string of the molecule is COCc1nc(Cl)cc(NCC2(C3CC3)CC2)n1. The highest BCUT2D eigenvalue weighted by Crippen LogP contribution is 2.61. The van der Waals surface area contributed by atoms with E-state index in [2.05, 4.69) is 15.3 Å². The number of anilines is 1. The maximum absolute atomic E-state index is 5.98. The first-order valence-corrected chi connectivity index (χ1v) is 6.86. The van der Waals surface area contributed by atoms with Gasteiger partial charge < -0.3 is 10.1 Å². The van der Waals surface area contributed by atoms with Crippen LogP contribution in [0.1, 0.15) is 31.5 Å². The third-order valence-corrected chi connectivity index (χ3v) is 4.17. The lowest BCUT2D eigenvalue weighted by molar-refractivity contribution is 0.178. The second-order valence-electron chi connectivity index (χ2n) is 5.42. The minimum atomic E-state index is 0.392. The zero-order valence-corrected chi connectivity index (χ0v) is 11.3. The summed E-state index contributed by atoms with van der Waals surface area (Å²) >= 11 is 5.98. The Morgan fingerprint density at radius 1 is 1.44 bits per heavy atom. The Labute approximate surface area is 112 Å². The summed E-state index contributed by atoms with van der Waals surface area (Å²) in [5.41, 5.74) is 0.554. The number of halogens is 1. The van der Waals surface area contributed by atoms with Crippen molar-refractivity contribution in [1.82, 2.24) is 9.97 Å². The zero-order valence-electron chi connectivity index (χ0n) is 10.6. The number of methoxy groups -OCH3 is 1. The van der Waals surface area contributed by atoms with Gasteiger partial charge in [-0.15, -0.1) is 0 Å². The minimum Gasteiger partial charge on any atom is -0.377 e. The Kier molecular flexibility index (Phi) is 3.16. The van der Waals surface area contributed by atoms with Gasteiger partial charge in [0.1, 0.15) is 17.6 Å². The van der Waals surface area contributed by atoms with Crippen molar-refractivity contribution in [2.24, 2.45) is 11.3 Å². The maximum atomic E-state index is 5.98. The summed E-state index contributed by atoms with van der Waals surface area (Å²) in [5, 5.41) is 3.89. The van der Waals surface area contributed by atoms with Crippen molar-refractivity contribution in [1.29, 1.82) is 0 Å². The van der Waals surface area contributed by atoms with Crippen molar-refractivity contribution in [3.63, 3.8) is 0 Å². The van der Waals surface area contributed by atoms with Gasteiger partial charge in [0.05, 0.1) is 0 Å². The quantitative estimate of drug-likeness (QED) is 0.805. The molecule has 0 atom stereocenters. The first-order chi connectivity index (χ1) is 8.72. The number of aromatic nitrogens is 2. The molecule has 2 aliphatic carbocycles. The Morgan fingerprint density at radius 2 is 2.22 bits per heavy atom. The minimum absolute atomic E-state index is 0.392. The van der Waals surface area contributed by atoms with Crippen molar-refractivity contribution >= 4 is 17.4 Å². The molecule has 18 heavy (non-hydrogen) atoms. The molecule has 98 valence electrons. The largest absolute Gasteiger partial charge is 0.377 e. The van der Waals surface area contributed by atoms with Crippen LogP contribution in [0.25, 0.3) is 0 Å². The van der Waals surface area contributed by atoms with Gasteiger partial charge in [0.25, 0.3) is 0 Å². The van der Waals surface area contributed by atoms with Crippen molar-refractivity contribution in [3.8, 4) is 0 Å². The molecule has 0 aliphatic heterocycles. The summed E-state index contributed by atoms with van der Waals surface area (Å²) in [6, 6.07) is 1.78. The van der Waals surface area contributed by atoms with Crippen molar-refractivity contribution in [2.75, 3.05) is 19.0 Å². The second-order valence-corrected chi connectivity index (χ2v) is 5.80. The molecule has 1 heterocycles. The number of nitrogens with one attached hydrogen (secondary N) is 1. The summed E-state index contributed by atoms with van der Waals surface area (Å²) in [6.45, 7) is 1.40. The molecule has 2 aliphatic rings. The van der Waals surface area contributed by atoms with Crippen LogP contribution < -0.4 is 5.32 Å². The van der Waals surface area contributed by atoms with Gasteiger partial charge in [-0.25, -0.2) is 9.97 Å². The van der Waals surface area contributed by atoms with Crippen LogP contribution in [0, 0.1) is 11.3 Å². The number of nitrogens with zero attached hydrogens (tertiary/aromatic N) is 2. The van der Waals surface area contributed by atoms with Crippen LogP contribution in [0.4, 0.5) is 5.82 Å². The van der Waals surface area contributed by atoms with Gasteiger partial charge >= 0.3 is 0 Å². The molecule has 0 saturated heterocycles. The van der Waals surface area contributed by atoms with Gasteiger partial charge in [0, 0.05) is 19.7 Å². The number of hydrogen-bond acceptors (Lipinski definition) is 4. The third kappa shape index (κ3) is 2.59. The topological polar surface area (TPSA) is 47.0 Å². The van der Waals surface area contributed by atoms with Crippen molar-refractivity contribution < 1.29 is 4.74 Å². The highest BCUT2D eigenvalue weighted by Gasteiger charge is 2.53. The van der Waals surface area contributed by atoms with E-state index in [1.54, 1.807) is 13.2 Å².